The van der Waals surface area contributed by atoms with E-state index in [1.165, 1.54) is 29.1 Å². The van der Waals surface area contributed by atoms with E-state index in [1.807, 2.05) is 18.2 Å². The third-order valence-corrected chi connectivity index (χ3v) is 6.39. The first-order valence-corrected chi connectivity index (χ1v) is 11.2. The van der Waals surface area contributed by atoms with Gasteiger partial charge in [-0.2, -0.15) is 5.10 Å². The Hall–Kier alpha value is -3.78. The van der Waals surface area contributed by atoms with Crippen molar-refractivity contribution in [3.05, 3.63) is 102 Å². The van der Waals surface area contributed by atoms with Crippen LogP contribution >= 0.6 is 0 Å². The smallest absolute Gasteiger partial charge is 0.256 e. The molecule has 0 bridgehead atoms. The first-order valence-electron chi connectivity index (χ1n) is 11.2. The summed E-state index contributed by atoms with van der Waals surface area (Å²) in [6, 6.07) is 16.4. The third-order valence-electron chi connectivity index (χ3n) is 6.39. The summed E-state index contributed by atoms with van der Waals surface area (Å²) < 4.78 is 37.2. The van der Waals surface area contributed by atoms with Gasteiger partial charge in [0.2, 0.25) is 0 Å². The van der Waals surface area contributed by atoms with Crippen molar-refractivity contribution in [3.63, 3.8) is 0 Å². The van der Waals surface area contributed by atoms with Gasteiger partial charge in [-0.1, -0.05) is 24.3 Å². The zero-order valence-corrected chi connectivity index (χ0v) is 18.5. The number of amides is 1. The quantitative estimate of drug-likeness (QED) is 0.462. The molecule has 1 amide bonds. The number of benzene rings is 2. The van der Waals surface area contributed by atoms with Crippen molar-refractivity contribution in [2.45, 2.75) is 18.3 Å². The predicted molar refractivity (Wildman–Crippen MR) is 123 cm³/mol. The van der Waals surface area contributed by atoms with Gasteiger partial charge < -0.3 is 14.6 Å². The lowest BCUT2D eigenvalue weighted by Crippen LogP contribution is -2.44. The minimum absolute atomic E-state index is 0.242. The summed E-state index contributed by atoms with van der Waals surface area (Å²) in [6.45, 7) is 1.38. The van der Waals surface area contributed by atoms with Gasteiger partial charge in [0.05, 0.1) is 6.20 Å². The van der Waals surface area contributed by atoms with Crippen LogP contribution in [0.15, 0.2) is 79.3 Å². The van der Waals surface area contributed by atoms with Crippen LogP contribution in [-0.2, 0) is 10.2 Å². The summed E-state index contributed by atoms with van der Waals surface area (Å²) in [5.74, 6) is -0.665. The van der Waals surface area contributed by atoms with E-state index in [0.717, 1.165) is 5.56 Å². The van der Waals surface area contributed by atoms with Crippen LogP contribution in [0.1, 0.15) is 28.8 Å². The molecule has 6 nitrogen and oxygen atoms in total. The summed E-state index contributed by atoms with van der Waals surface area (Å²) in [5.41, 5.74) is 0.945. The van der Waals surface area contributed by atoms with Crippen molar-refractivity contribution >= 4 is 5.91 Å². The topological polar surface area (TPSA) is 61.1 Å². The van der Waals surface area contributed by atoms with E-state index < -0.39 is 11.2 Å². The lowest BCUT2D eigenvalue weighted by Gasteiger charge is -2.38. The largest absolute Gasteiger partial charge is 0.381 e. The molecule has 1 fully saturated rings. The number of carbonyl (C=O) groups is 1. The number of para-hydroxylation sites is 1. The Morgan fingerprint density at radius 3 is 2.53 bits per heavy atom. The van der Waals surface area contributed by atoms with Gasteiger partial charge in [0.1, 0.15) is 22.9 Å². The van der Waals surface area contributed by atoms with E-state index in [9.17, 15) is 13.6 Å². The molecule has 1 saturated heterocycles. The number of hydrogen-bond donors (Lipinski definition) is 1. The van der Waals surface area contributed by atoms with Gasteiger partial charge in [0.15, 0.2) is 5.82 Å². The Balaban J connectivity index is 1.48. The summed E-state index contributed by atoms with van der Waals surface area (Å²) in [4.78, 5) is 13.4. The molecule has 174 valence electrons. The van der Waals surface area contributed by atoms with E-state index in [-0.39, 0.29) is 17.4 Å². The molecule has 2 aromatic carbocycles. The van der Waals surface area contributed by atoms with Gasteiger partial charge in [-0.3, -0.25) is 4.79 Å². The lowest BCUT2D eigenvalue weighted by atomic mass is 9.74. The molecule has 0 radical (unpaired) electrons. The number of carbonyl (C=O) groups excluding carboxylic acids is 1. The van der Waals surface area contributed by atoms with Gasteiger partial charge in [0, 0.05) is 37.6 Å². The Labute approximate surface area is 195 Å². The van der Waals surface area contributed by atoms with E-state index in [2.05, 4.69) is 10.4 Å². The van der Waals surface area contributed by atoms with Crippen LogP contribution in [-0.4, -0.2) is 40.0 Å². The maximum atomic E-state index is 14.6. The van der Waals surface area contributed by atoms with Crippen molar-refractivity contribution in [3.8, 4) is 11.5 Å². The molecule has 0 aliphatic carbocycles. The van der Waals surface area contributed by atoms with Crippen LogP contribution in [0.3, 0.4) is 0 Å². The number of aromatic nitrogens is 3. The average molecular weight is 462 g/mol. The molecule has 1 aliphatic rings. The number of nitrogens with one attached hydrogen (secondary N) is 1. The average Bonchev–Trinajstić information content (AvgIpc) is 3.53. The van der Waals surface area contributed by atoms with Crippen molar-refractivity contribution in [2.24, 2.45) is 0 Å². The van der Waals surface area contributed by atoms with Gasteiger partial charge in [-0.05, 0) is 54.8 Å². The van der Waals surface area contributed by atoms with Gasteiger partial charge in [-0.25, -0.2) is 13.5 Å². The highest BCUT2D eigenvalue weighted by atomic mass is 19.1. The van der Waals surface area contributed by atoms with E-state index in [1.54, 1.807) is 41.2 Å². The van der Waals surface area contributed by atoms with Crippen LogP contribution in [0, 0.1) is 11.6 Å². The Morgan fingerprint density at radius 2 is 1.79 bits per heavy atom. The van der Waals surface area contributed by atoms with Crippen molar-refractivity contribution < 1.29 is 18.3 Å². The van der Waals surface area contributed by atoms with Gasteiger partial charge in [-0.15, -0.1) is 0 Å². The number of ether oxygens (including phenoxy) is 1. The van der Waals surface area contributed by atoms with Gasteiger partial charge in [0.25, 0.3) is 5.91 Å². The summed E-state index contributed by atoms with van der Waals surface area (Å²) in [7, 11) is 0. The van der Waals surface area contributed by atoms with E-state index in [0.29, 0.717) is 44.0 Å². The Kier molecular flexibility index (Phi) is 5.98. The van der Waals surface area contributed by atoms with Gasteiger partial charge >= 0.3 is 0 Å². The molecule has 1 N–H and O–H groups in total. The van der Waals surface area contributed by atoms with Crippen molar-refractivity contribution in [2.75, 3.05) is 19.8 Å². The maximum Gasteiger partial charge on any atom is 0.256 e. The normalized spacial score (nSPS) is 15.2. The molecule has 2 aromatic heterocycles. The molecular weight excluding hydrogens is 438 g/mol. The van der Waals surface area contributed by atoms with Crippen LogP contribution in [0.4, 0.5) is 8.78 Å². The second kappa shape index (κ2) is 9.23. The predicted octanol–water partition coefficient (Wildman–Crippen LogP) is 4.42. The molecule has 5 rings (SSSR count). The number of rotatable bonds is 6. The SMILES string of the molecule is O=C(NCC1(c2cccc(F)c2)CCOCC1)c1cnn(-c2ccccc2F)c1-n1cccc1. The minimum Gasteiger partial charge on any atom is -0.381 e. The molecule has 0 saturated carbocycles. The summed E-state index contributed by atoms with van der Waals surface area (Å²) in [5, 5.41) is 7.36. The molecule has 4 aromatic rings. The lowest BCUT2D eigenvalue weighted by molar-refractivity contribution is 0.0486. The monoisotopic (exact) mass is 462 g/mol. The highest BCUT2D eigenvalue weighted by molar-refractivity contribution is 5.97. The van der Waals surface area contributed by atoms with E-state index >= 15 is 0 Å². The first-order chi connectivity index (χ1) is 16.6. The Morgan fingerprint density at radius 1 is 1.03 bits per heavy atom. The second-order valence-corrected chi connectivity index (χ2v) is 8.42. The zero-order valence-electron chi connectivity index (χ0n) is 18.5. The van der Waals surface area contributed by atoms with Crippen LogP contribution in [0.25, 0.3) is 11.5 Å². The van der Waals surface area contributed by atoms with Crippen molar-refractivity contribution in [1.29, 1.82) is 0 Å². The summed E-state index contributed by atoms with van der Waals surface area (Å²) in [6.07, 6.45) is 6.32. The second-order valence-electron chi connectivity index (χ2n) is 8.42. The standard InChI is InChI=1S/C26H24F2N4O2/c27-20-7-5-6-19(16-20)26(10-14-34-15-11-26)18-29-24(33)21-17-30-32(23-9-2-1-8-22(23)28)25(21)31-12-3-4-13-31/h1-9,12-13,16-17H,10-11,14-15,18H2,(H,29,33). The molecule has 0 spiro atoms. The highest BCUT2D eigenvalue weighted by Crippen LogP contribution is 2.35. The van der Waals surface area contributed by atoms with Crippen LogP contribution < -0.4 is 5.32 Å². The molecule has 1 aliphatic heterocycles. The first kappa shape index (κ1) is 22.0. The molecule has 34 heavy (non-hydrogen) atoms. The van der Waals surface area contributed by atoms with Crippen LogP contribution in [0.2, 0.25) is 0 Å². The molecule has 0 atom stereocenters. The van der Waals surface area contributed by atoms with Crippen molar-refractivity contribution in [1.82, 2.24) is 19.7 Å². The fourth-order valence-electron chi connectivity index (χ4n) is 4.52. The molecule has 0 unspecified atom stereocenters. The fraction of sp³-hybridized carbons (Fsp3) is 0.231. The fourth-order valence-corrected chi connectivity index (χ4v) is 4.52. The number of hydrogen-bond acceptors (Lipinski definition) is 3. The zero-order chi connectivity index (χ0) is 23.5. The van der Waals surface area contributed by atoms with E-state index in [4.69, 9.17) is 4.74 Å². The molecular formula is C26H24F2N4O2. The highest BCUT2D eigenvalue weighted by Gasteiger charge is 2.35. The third kappa shape index (κ3) is 4.12. The van der Waals surface area contributed by atoms with Crippen LogP contribution in [0.5, 0.6) is 0 Å². The minimum atomic E-state index is -0.446. The number of nitrogens with zero attached hydrogens (tertiary/aromatic N) is 3. The molecule has 3 heterocycles. The Bertz CT molecular complexity index is 1290. The summed E-state index contributed by atoms with van der Waals surface area (Å²) >= 11 is 0. The molecule has 8 heteroatoms. The maximum absolute atomic E-state index is 14.6. The number of halogens is 2.